The number of halogens is 1. The SMILES string of the molecule is CC[C@H](CO)c1cnc(N2CCC[C@H]2CO)nc1NCc1ccc(OC)c(Cl)c1. The van der Waals surface area contributed by atoms with Crippen LogP contribution in [0.1, 0.15) is 43.2 Å². The van der Waals surface area contributed by atoms with E-state index in [1.54, 1.807) is 13.3 Å². The van der Waals surface area contributed by atoms with Gasteiger partial charge in [-0.15, -0.1) is 0 Å². The lowest BCUT2D eigenvalue weighted by Gasteiger charge is -2.25. The summed E-state index contributed by atoms with van der Waals surface area (Å²) in [5, 5.41) is 23.4. The van der Waals surface area contributed by atoms with Gasteiger partial charge in [0.2, 0.25) is 5.95 Å². The molecule has 1 saturated heterocycles. The second-order valence-electron chi connectivity index (χ2n) is 7.26. The van der Waals surface area contributed by atoms with E-state index >= 15 is 0 Å². The van der Waals surface area contributed by atoms with E-state index in [0.29, 0.717) is 29.1 Å². The molecular weight excluding hydrogens is 392 g/mol. The zero-order valence-corrected chi connectivity index (χ0v) is 17.7. The molecule has 2 aromatic rings. The Kier molecular flexibility index (Phi) is 7.52. The van der Waals surface area contributed by atoms with E-state index in [2.05, 4.69) is 15.2 Å². The molecule has 158 valence electrons. The molecular formula is C21H29ClN4O3. The van der Waals surface area contributed by atoms with Crippen molar-refractivity contribution in [1.82, 2.24) is 9.97 Å². The molecule has 2 atom stereocenters. The molecule has 0 unspecified atom stereocenters. The number of anilines is 2. The molecule has 8 heteroatoms. The summed E-state index contributed by atoms with van der Waals surface area (Å²) < 4.78 is 5.21. The van der Waals surface area contributed by atoms with Crippen LogP contribution in [0.2, 0.25) is 5.02 Å². The van der Waals surface area contributed by atoms with E-state index in [1.165, 1.54) is 0 Å². The maximum Gasteiger partial charge on any atom is 0.227 e. The number of nitrogens with zero attached hydrogens (tertiary/aromatic N) is 3. The molecule has 0 saturated carbocycles. The fourth-order valence-electron chi connectivity index (χ4n) is 3.70. The van der Waals surface area contributed by atoms with Gasteiger partial charge in [-0.3, -0.25) is 0 Å². The summed E-state index contributed by atoms with van der Waals surface area (Å²) in [6, 6.07) is 5.70. The Labute approximate surface area is 176 Å². The van der Waals surface area contributed by atoms with Gasteiger partial charge in [0.25, 0.3) is 0 Å². The molecule has 1 aromatic heterocycles. The summed E-state index contributed by atoms with van der Waals surface area (Å²) in [5.74, 6) is 1.90. The first kappa shape index (κ1) is 21.6. The Hall–Kier alpha value is -2.09. The zero-order chi connectivity index (χ0) is 20.8. The largest absolute Gasteiger partial charge is 0.495 e. The van der Waals surface area contributed by atoms with Crippen LogP contribution in [0.5, 0.6) is 5.75 Å². The van der Waals surface area contributed by atoms with Crippen molar-refractivity contribution in [3.8, 4) is 5.75 Å². The Morgan fingerprint density at radius 3 is 2.86 bits per heavy atom. The fraction of sp³-hybridized carbons (Fsp3) is 0.524. The van der Waals surface area contributed by atoms with Gasteiger partial charge in [-0.1, -0.05) is 24.6 Å². The van der Waals surface area contributed by atoms with Crippen LogP contribution in [0.15, 0.2) is 24.4 Å². The minimum absolute atomic E-state index is 0.0330. The second-order valence-corrected chi connectivity index (χ2v) is 7.66. The number of aliphatic hydroxyl groups excluding tert-OH is 2. The third-order valence-corrected chi connectivity index (χ3v) is 5.77. The first-order chi connectivity index (χ1) is 14.1. The zero-order valence-electron chi connectivity index (χ0n) is 16.9. The Balaban J connectivity index is 1.87. The van der Waals surface area contributed by atoms with Crippen LogP contribution in [-0.2, 0) is 6.54 Å². The highest BCUT2D eigenvalue weighted by Crippen LogP contribution is 2.30. The maximum absolute atomic E-state index is 9.79. The monoisotopic (exact) mass is 420 g/mol. The number of benzene rings is 1. The molecule has 0 spiro atoms. The van der Waals surface area contributed by atoms with Crippen LogP contribution in [0.4, 0.5) is 11.8 Å². The van der Waals surface area contributed by atoms with Gasteiger partial charge >= 0.3 is 0 Å². The average molecular weight is 421 g/mol. The van der Waals surface area contributed by atoms with E-state index in [-0.39, 0.29) is 25.2 Å². The molecule has 3 N–H and O–H groups in total. The van der Waals surface area contributed by atoms with Crippen molar-refractivity contribution >= 4 is 23.4 Å². The van der Waals surface area contributed by atoms with Crippen molar-refractivity contribution in [1.29, 1.82) is 0 Å². The third kappa shape index (κ3) is 4.91. The Morgan fingerprint density at radius 1 is 1.38 bits per heavy atom. The number of nitrogens with one attached hydrogen (secondary N) is 1. The third-order valence-electron chi connectivity index (χ3n) is 5.48. The maximum atomic E-state index is 9.79. The van der Waals surface area contributed by atoms with Gasteiger partial charge in [0, 0.05) is 30.8 Å². The lowest BCUT2D eigenvalue weighted by molar-refractivity contribution is 0.262. The number of hydrogen-bond acceptors (Lipinski definition) is 7. The van der Waals surface area contributed by atoms with Gasteiger partial charge in [-0.2, -0.15) is 4.98 Å². The van der Waals surface area contributed by atoms with Crippen LogP contribution >= 0.6 is 11.6 Å². The van der Waals surface area contributed by atoms with Gasteiger partial charge in [0.1, 0.15) is 11.6 Å². The molecule has 1 aromatic carbocycles. The molecule has 1 fully saturated rings. The normalized spacial score (nSPS) is 17.4. The van der Waals surface area contributed by atoms with E-state index < -0.39 is 0 Å². The topological polar surface area (TPSA) is 90.7 Å². The number of aliphatic hydroxyl groups is 2. The van der Waals surface area contributed by atoms with E-state index in [1.807, 2.05) is 25.1 Å². The summed E-state index contributed by atoms with van der Waals surface area (Å²) in [6.45, 7) is 3.51. The highest BCUT2D eigenvalue weighted by Gasteiger charge is 2.27. The molecule has 3 rings (SSSR count). The molecule has 0 bridgehead atoms. The molecule has 2 heterocycles. The van der Waals surface area contributed by atoms with Crippen molar-refractivity contribution in [2.45, 2.75) is 44.7 Å². The number of ether oxygens (including phenoxy) is 1. The van der Waals surface area contributed by atoms with Crippen LogP contribution in [-0.4, -0.2) is 53.1 Å². The van der Waals surface area contributed by atoms with E-state index in [0.717, 1.165) is 36.9 Å². The van der Waals surface area contributed by atoms with Crippen LogP contribution in [0.3, 0.4) is 0 Å². The van der Waals surface area contributed by atoms with Crippen molar-refractivity contribution in [2.24, 2.45) is 0 Å². The molecule has 0 radical (unpaired) electrons. The average Bonchev–Trinajstić information content (AvgIpc) is 3.22. The standard InChI is InChI=1S/C21H29ClN4O3/c1-3-15(12-27)17-11-24-21(26-8-4-5-16(26)13-28)25-20(17)23-10-14-6-7-19(29-2)18(22)9-14/h6-7,9,11,15-16,27-28H,3-5,8,10,12-13H2,1-2H3,(H,23,24,25)/t15-,16+/m1/s1. The minimum Gasteiger partial charge on any atom is -0.495 e. The summed E-state index contributed by atoms with van der Waals surface area (Å²) in [5.41, 5.74) is 1.88. The number of methoxy groups -OCH3 is 1. The molecule has 29 heavy (non-hydrogen) atoms. The van der Waals surface area contributed by atoms with Gasteiger partial charge in [-0.25, -0.2) is 4.98 Å². The first-order valence-corrected chi connectivity index (χ1v) is 10.4. The van der Waals surface area contributed by atoms with Gasteiger partial charge in [0.05, 0.1) is 31.4 Å². The summed E-state index contributed by atoms with van der Waals surface area (Å²) in [7, 11) is 1.59. The van der Waals surface area contributed by atoms with Crippen molar-refractivity contribution in [3.05, 3.63) is 40.5 Å². The second kappa shape index (κ2) is 10.1. The lowest BCUT2D eigenvalue weighted by atomic mass is 9.99. The number of hydrogen-bond donors (Lipinski definition) is 3. The highest BCUT2D eigenvalue weighted by atomic mass is 35.5. The highest BCUT2D eigenvalue weighted by molar-refractivity contribution is 6.32. The van der Waals surface area contributed by atoms with Gasteiger partial charge < -0.3 is 25.2 Å². The van der Waals surface area contributed by atoms with Crippen molar-refractivity contribution in [3.63, 3.8) is 0 Å². The quantitative estimate of drug-likeness (QED) is 0.573. The van der Waals surface area contributed by atoms with Gasteiger partial charge in [-0.05, 0) is 37.0 Å². The minimum atomic E-state index is -0.0433. The Bertz CT molecular complexity index is 817. The summed E-state index contributed by atoms with van der Waals surface area (Å²) in [4.78, 5) is 11.4. The van der Waals surface area contributed by atoms with Gasteiger partial charge in [0.15, 0.2) is 0 Å². The summed E-state index contributed by atoms with van der Waals surface area (Å²) >= 11 is 6.24. The number of aromatic nitrogens is 2. The lowest BCUT2D eigenvalue weighted by Crippen LogP contribution is -2.33. The number of rotatable bonds is 9. The molecule has 7 nitrogen and oxygen atoms in total. The fourth-order valence-corrected chi connectivity index (χ4v) is 3.98. The van der Waals surface area contributed by atoms with Crippen molar-refractivity contribution < 1.29 is 14.9 Å². The predicted molar refractivity (Wildman–Crippen MR) is 115 cm³/mol. The van der Waals surface area contributed by atoms with Crippen LogP contribution in [0.25, 0.3) is 0 Å². The van der Waals surface area contributed by atoms with Crippen LogP contribution < -0.4 is 15.0 Å². The predicted octanol–water partition coefficient (Wildman–Crippen LogP) is 3.20. The van der Waals surface area contributed by atoms with E-state index in [4.69, 9.17) is 21.3 Å². The molecule has 1 aliphatic heterocycles. The van der Waals surface area contributed by atoms with Crippen LogP contribution in [0, 0.1) is 0 Å². The summed E-state index contributed by atoms with van der Waals surface area (Å²) in [6.07, 6.45) is 4.52. The van der Waals surface area contributed by atoms with Crippen molar-refractivity contribution in [2.75, 3.05) is 37.1 Å². The molecule has 0 aliphatic carbocycles. The molecule has 0 amide bonds. The first-order valence-electron chi connectivity index (χ1n) is 10.0. The molecule has 1 aliphatic rings. The Morgan fingerprint density at radius 2 is 2.21 bits per heavy atom. The van der Waals surface area contributed by atoms with E-state index in [9.17, 15) is 10.2 Å². The smallest absolute Gasteiger partial charge is 0.227 e.